The third kappa shape index (κ3) is 4.97. The minimum atomic E-state index is 0.0216. The Morgan fingerprint density at radius 2 is 2.40 bits per heavy atom. The second kappa shape index (κ2) is 7.44. The second-order valence-electron chi connectivity index (χ2n) is 4.81. The molecule has 0 unspecified atom stereocenters. The Bertz CT molecular complexity index is 536. The Hall–Kier alpha value is -1.34. The topological polar surface area (TPSA) is 70.7 Å². The maximum absolute atomic E-state index is 11.6. The molecule has 0 aromatic carbocycles. The molecule has 0 bridgehead atoms. The van der Waals surface area contributed by atoms with Gasteiger partial charge in [-0.1, -0.05) is 31.7 Å². The van der Waals surface area contributed by atoms with Crippen molar-refractivity contribution in [2.75, 3.05) is 12.3 Å². The third-order valence-electron chi connectivity index (χ3n) is 2.47. The fourth-order valence-corrected chi connectivity index (χ4v) is 2.86. The van der Waals surface area contributed by atoms with Gasteiger partial charge in [0.05, 0.1) is 5.75 Å². The first-order chi connectivity index (χ1) is 9.63. The molecule has 0 radical (unpaired) electrons. The average molecular weight is 310 g/mol. The molecule has 108 valence electrons. The number of carbonyl (C=O) groups is 1. The summed E-state index contributed by atoms with van der Waals surface area (Å²) in [6.07, 6.45) is 0.755. The summed E-state index contributed by atoms with van der Waals surface area (Å²) in [6, 6.07) is 4.09. The molecule has 0 saturated heterocycles. The van der Waals surface area contributed by atoms with E-state index in [2.05, 4.69) is 40.4 Å². The van der Waals surface area contributed by atoms with Crippen molar-refractivity contribution in [3.05, 3.63) is 28.2 Å². The van der Waals surface area contributed by atoms with Gasteiger partial charge in [-0.3, -0.25) is 9.89 Å². The van der Waals surface area contributed by atoms with Crippen LogP contribution < -0.4 is 5.32 Å². The summed E-state index contributed by atoms with van der Waals surface area (Å²) in [5, 5.41) is 12.6. The molecule has 0 spiro atoms. The monoisotopic (exact) mass is 310 g/mol. The summed E-state index contributed by atoms with van der Waals surface area (Å²) in [6.45, 7) is 4.84. The van der Waals surface area contributed by atoms with Crippen LogP contribution in [0.2, 0.25) is 0 Å². The number of nitrogens with zero attached hydrogens (tertiary/aromatic N) is 2. The van der Waals surface area contributed by atoms with Crippen LogP contribution >= 0.6 is 23.1 Å². The number of H-pyrrole nitrogens is 1. The number of aromatic amines is 1. The lowest BCUT2D eigenvalue weighted by molar-refractivity contribution is -0.118. The quantitative estimate of drug-likeness (QED) is 0.770. The van der Waals surface area contributed by atoms with Gasteiger partial charge in [-0.25, -0.2) is 4.98 Å². The number of nitrogens with one attached hydrogen (secondary N) is 2. The van der Waals surface area contributed by atoms with Gasteiger partial charge in [0.15, 0.2) is 0 Å². The van der Waals surface area contributed by atoms with E-state index in [-0.39, 0.29) is 5.91 Å². The fourth-order valence-electron chi connectivity index (χ4n) is 1.50. The molecule has 0 aliphatic carbocycles. The first kappa shape index (κ1) is 15.1. The van der Waals surface area contributed by atoms with Crippen molar-refractivity contribution in [1.29, 1.82) is 0 Å². The SMILES string of the molecule is CC(C)CNC(=O)CSc1n[nH]c(Cc2cccs2)n1. The summed E-state index contributed by atoms with van der Waals surface area (Å²) in [5.74, 6) is 1.67. The number of rotatable bonds is 7. The molecule has 2 heterocycles. The van der Waals surface area contributed by atoms with Gasteiger partial charge in [-0.15, -0.1) is 16.4 Å². The van der Waals surface area contributed by atoms with Crippen LogP contribution in [0, 0.1) is 5.92 Å². The molecule has 0 fully saturated rings. The predicted molar refractivity (Wildman–Crippen MR) is 82.1 cm³/mol. The highest BCUT2D eigenvalue weighted by atomic mass is 32.2. The van der Waals surface area contributed by atoms with E-state index in [1.807, 2.05) is 11.4 Å². The van der Waals surface area contributed by atoms with E-state index < -0.39 is 0 Å². The van der Waals surface area contributed by atoms with Crippen LogP contribution in [0.3, 0.4) is 0 Å². The van der Waals surface area contributed by atoms with Gasteiger partial charge in [-0.2, -0.15) is 0 Å². The standard InChI is InChI=1S/C13H18N4OS2/c1-9(2)7-14-12(18)8-20-13-15-11(16-17-13)6-10-4-3-5-19-10/h3-5,9H,6-8H2,1-2H3,(H,14,18)(H,15,16,17). The molecule has 2 aromatic rings. The number of hydrogen-bond donors (Lipinski definition) is 2. The first-order valence-corrected chi connectivity index (χ1v) is 8.33. The molecule has 0 aliphatic rings. The highest BCUT2D eigenvalue weighted by Crippen LogP contribution is 2.15. The second-order valence-corrected chi connectivity index (χ2v) is 6.78. The largest absolute Gasteiger partial charge is 0.355 e. The molecule has 0 aliphatic heterocycles. The molecular formula is C13H18N4OS2. The van der Waals surface area contributed by atoms with E-state index >= 15 is 0 Å². The van der Waals surface area contributed by atoms with E-state index in [1.165, 1.54) is 16.6 Å². The number of thioether (sulfide) groups is 1. The van der Waals surface area contributed by atoms with Crippen LogP contribution in [0.5, 0.6) is 0 Å². The highest BCUT2D eigenvalue weighted by molar-refractivity contribution is 7.99. The Kier molecular flexibility index (Phi) is 5.60. The molecule has 2 aromatic heterocycles. The van der Waals surface area contributed by atoms with Gasteiger partial charge >= 0.3 is 0 Å². The van der Waals surface area contributed by atoms with Crippen molar-refractivity contribution in [2.24, 2.45) is 5.92 Å². The minimum Gasteiger partial charge on any atom is -0.355 e. The van der Waals surface area contributed by atoms with Crippen LogP contribution in [-0.2, 0) is 11.2 Å². The summed E-state index contributed by atoms with van der Waals surface area (Å²) >= 11 is 3.05. The van der Waals surface area contributed by atoms with E-state index in [9.17, 15) is 4.79 Å². The van der Waals surface area contributed by atoms with Gasteiger partial charge in [-0.05, 0) is 17.4 Å². The predicted octanol–water partition coefficient (Wildman–Crippen LogP) is 2.32. The number of amides is 1. The molecule has 20 heavy (non-hydrogen) atoms. The average Bonchev–Trinajstić information content (AvgIpc) is 3.06. The number of hydrogen-bond acceptors (Lipinski definition) is 5. The van der Waals surface area contributed by atoms with Crippen LogP contribution in [0.25, 0.3) is 0 Å². The van der Waals surface area contributed by atoms with Gasteiger partial charge in [0.2, 0.25) is 11.1 Å². The maximum atomic E-state index is 11.6. The number of thiophene rings is 1. The van der Waals surface area contributed by atoms with Crippen molar-refractivity contribution in [2.45, 2.75) is 25.4 Å². The Balaban J connectivity index is 1.76. The molecule has 1 amide bonds. The first-order valence-electron chi connectivity index (χ1n) is 6.46. The van der Waals surface area contributed by atoms with Crippen LogP contribution in [0.15, 0.2) is 22.7 Å². The zero-order chi connectivity index (χ0) is 14.4. The lowest BCUT2D eigenvalue weighted by Crippen LogP contribution is -2.28. The Morgan fingerprint density at radius 1 is 1.55 bits per heavy atom. The van der Waals surface area contributed by atoms with Gasteiger partial charge in [0.1, 0.15) is 5.82 Å². The smallest absolute Gasteiger partial charge is 0.230 e. The summed E-state index contributed by atoms with van der Waals surface area (Å²) < 4.78 is 0. The van der Waals surface area contributed by atoms with Crippen LogP contribution in [-0.4, -0.2) is 33.4 Å². The van der Waals surface area contributed by atoms with Crippen LogP contribution in [0.4, 0.5) is 0 Å². The lowest BCUT2D eigenvalue weighted by Gasteiger charge is -2.05. The molecule has 5 nitrogen and oxygen atoms in total. The van der Waals surface area contributed by atoms with Crippen molar-refractivity contribution in [3.8, 4) is 0 Å². The molecule has 0 saturated carbocycles. The van der Waals surface area contributed by atoms with Gasteiger partial charge in [0.25, 0.3) is 0 Å². The maximum Gasteiger partial charge on any atom is 0.230 e. The van der Waals surface area contributed by atoms with Crippen LogP contribution in [0.1, 0.15) is 24.5 Å². The van der Waals surface area contributed by atoms with E-state index in [4.69, 9.17) is 0 Å². The molecule has 0 atom stereocenters. The van der Waals surface area contributed by atoms with E-state index in [0.717, 1.165) is 12.2 Å². The Morgan fingerprint density at radius 3 is 3.10 bits per heavy atom. The Labute approximate surface area is 126 Å². The molecule has 2 rings (SSSR count). The highest BCUT2D eigenvalue weighted by Gasteiger charge is 2.08. The fraction of sp³-hybridized carbons (Fsp3) is 0.462. The van der Waals surface area contributed by atoms with Crippen molar-refractivity contribution < 1.29 is 4.79 Å². The summed E-state index contributed by atoms with van der Waals surface area (Å²) in [5.41, 5.74) is 0. The summed E-state index contributed by atoms with van der Waals surface area (Å²) in [7, 11) is 0. The van der Waals surface area contributed by atoms with Gasteiger partial charge in [0, 0.05) is 17.8 Å². The van der Waals surface area contributed by atoms with Crippen molar-refractivity contribution in [3.63, 3.8) is 0 Å². The summed E-state index contributed by atoms with van der Waals surface area (Å²) in [4.78, 5) is 17.2. The third-order valence-corrected chi connectivity index (χ3v) is 4.20. The minimum absolute atomic E-state index is 0.0216. The molecular weight excluding hydrogens is 292 g/mol. The van der Waals surface area contributed by atoms with Crippen molar-refractivity contribution >= 4 is 29.0 Å². The zero-order valence-corrected chi connectivity index (χ0v) is 13.2. The van der Waals surface area contributed by atoms with Gasteiger partial charge < -0.3 is 5.32 Å². The van der Waals surface area contributed by atoms with E-state index in [0.29, 0.717) is 23.4 Å². The molecule has 2 N–H and O–H groups in total. The normalized spacial score (nSPS) is 10.9. The lowest BCUT2D eigenvalue weighted by atomic mass is 10.2. The molecule has 7 heteroatoms. The number of aromatic nitrogens is 3. The number of carbonyl (C=O) groups excluding carboxylic acids is 1. The van der Waals surface area contributed by atoms with E-state index in [1.54, 1.807) is 11.3 Å². The zero-order valence-electron chi connectivity index (χ0n) is 11.5. The van der Waals surface area contributed by atoms with Crippen molar-refractivity contribution in [1.82, 2.24) is 20.5 Å².